The molecule has 0 spiro atoms. The fraction of sp³-hybridized carbons (Fsp3) is 0.462. The van der Waals surface area contributed by atoms with Crippen LogP contribution in [-0.4, -0.2) is 26.0 Å². The smallest absolute Gasteiger partial charge is 0.266 e. The number of nitrogens with one attached hydrogen (secondary N) is 2. The first kappa shape index (κ1) is 14.3. The predicted molar refractivity (Wildman–Crippen MR) is 75.4 cm³/mol. The zero-order chi connectivity index (χ0) is 15.1. The van der Waals surface area contributed by atoms with Crippen molar-refractivity contribution in [3.8, 4) is 0 Å². The van der Waals surface area contributed by atoms with Gasteiger partial charge in [-0.3, -0.25) is 14.7 Å². The van der Waals surface area contributed by atoms with Gasteiger partial charge in [0.25, 0.3) is 5.56 Å². The number of amides is 1. The van der Waals surface area contributed by atoms with Crippen LogP contribution in [0, 0.1) is 13.8 Å². The topological polar surface area (TPSA) is 105 Å². The molecule has 108 valence electrons. The van der Waals surface area contributed by atoms with Gasteiger partial charge < -0.3 is 11.1 Å². The van der Waals surface area contributed by atoms with Gasteiger partial charge in [0, 0.05) is 29.6 Å². The molecule has 0 saturated heterocycles. The molecule has 0 aromatic carbocycles. The predicted octanol–water partition coefficient (Wildman–Crippen LogP) is -0.00706. The molecule has 0 fully saturated rings. The minimum absolute atomic E-state index is 0.204. The van der Waals surface area contributed by atoms with E-state index in [2.05, 4.69) is 15.4 Å². The van der Waals surface area contributed by atoms with Crippen molar-refractivity contribution < 1.29 is 4.79 Å². The third-order valence-electron chi connectivity index (χ3n) is 3.21. The van der Waals surface area contributed by atoms with E-state index in [9.17, 15) is 9.59 Å². The normalized spacial score (nSPS) is 11.8. The first-order valence-electron chi connectivity index (χ1n) is 6.35. The first-order valence-corrected chi connectivity index (χ1v) is 6.35. The lowest BCUT2D eigenvalue weighted by molar-refractivity contribution is -0.125. The highest BCUT2D eigenvalue weighted by atomic mass is 16.2. The lowest BCUT2D eigenvalue weighted by atomic mass is 10.1. The van der Waals surface area contributed by atoms with Crippen LogP contribution in [0.1, 0.15) is 30.8 Å². The Kier molecular flexibility index (Phi) is 3.39. The molecule has 4 N–H and O–H groups in total. The molecule has 7 heteroatoms. The highest BCUT2D eigenvalue weighted by Gasteiger charge is 2.22. The Hall–Kier alpha value is -2.15. The van der Waals surface area contributed by atoms with Gasteiger partial charge in [0.15, 0.2) is 5.65 Å². The lowest BCUT2D eigenvalue weighted by Crippen LogP contribution is -2.48. The summed E-state index contributed by atoms with van der Waals surface area (Å²) in [6, 6.07) is 1.44. The Balaban J connectivity index is 2.35. The van der Waals surface area contributed by atoms with E-state index in [0.717, 1.165) is 17.0 Å². The summed E-state index contributed by atoms with van der Waals surface area (Å²) in [5.74, 6) is -0.239. The molecule has 0 unspecified atom stereocenters. The van der Waals surface area contributed by atoms with Crippen LogP contribution >= 0.6 is 0 Å². The van der Waals surface area contributed by atoms with Crippen molar-refractivity contribution in [1.82, 2.24) is 19.9 Å². The van der Waals surface area contributed by atoms with Gasteiger partial charge in [-0.15, -0.1) is 0 Å². The Morgan fingerprint density at radius 1 is 1.50 bits per heavy atom. The van der Waals surface area contributed by atoms with E-state index in [1.807, 2.05) is 13.8 Å². The van der Waals surface area contributed by atoms with Gasteiger partial charge in [-0.1, -0.05) is 0 Å². The average Bonchev–Trinajstić information content (AvgIpc) is 2.68. The fourth-order valence-corrected chi connectivity index (χ4v) is 2.01. The summed E-state index contributed by atoms with van der Waals surface area (Å²) < 4.78 is 1.62. The van der Waals surface area contributed by atoms with Crippen LogP contribution in [0.25, 0.3) is 5.65 Å². The standard InChI is InChI=1S/C13H19N5O2/c1-7-9(6-15-12(20)13(3,4)14)8(2)18-10(16-7)5-11(19)17-18/h5H,6,14H2,1-4H3,(H,15,20)(H,17,19). The highest BCUT2D eigenvalue weighted by Crippen LogP contribution is 2.13. The maximum Gasteiger partial charge on any atom is 0.266 e. The van der Waals surface area contributed by atoms with Crippen LogP contribution in [0.5, 0.6) is 0 Å². The van der Waals surface area contributed by atoms with Gasteiger partial charge in [0.05, 0.1) is 5.54 Å². The van der Waals surface area contributed by atoms with Crippen LogP contribution in [-0.2, 0) is 11.3 Å². The number of hydrogen-bond acceptors (Lipinski definition) is 4. The summed E-state index contributed by atoms with van der Waals surface area (Å²) in [4.78, 5) is 27.5. The van der Waals surface area contributed by atoms with E-state index >= 15 is 0 Å². The molecule has 2 aromatic rings. The number of carbonyl (C=O) groups excluding carboxylic acids is 1. The SMILES string of the molecule is Cc1nc2cc(=O)[nH]n2c(C)c1CNC(=O)C(C)(C)N. The van der Waals surface area contributed by atoms with E-state index in [1.54, 1.807) is 18.4 Å². The number of H-pyrrole nitrogens is 1. The van der Waals surface area contributed by atoms with E-state index in [-0.39, 0.29) is 11.5 Å². The van der Waals surface area contributed by atoms with Gasteiger partial charge in [-0.25, -0.2) is 9.50 Å². The first-order chi connectivity index (χ1) is 9.20. The van der Waals surface area contributed by atoms with E-state index < -0.39 is 5.54 Å². The van der Waals surface area contributed by atoms with Crippen molar-refractivity contribution in [2.24, 2.45) is 5.73 Å². The number of aryl methyl sites for hydroxylation is 2. The van der Waals surface area contributed by atoms with Crippen LogP contribution in [0.3, 0.4) is 0 Å². The van der Waals surface area contributed by atoms with Gasteiger partial charge in [-0.05, 0) is 27.7 Å². The molecule has 2 heterocycles. The summed E-state index contributed by atoms with van der Waals surface area (Å²) in [6.07, 6.45) is 0. The molecule has 0 aliphatic heterocycles. The maximum atomic E-state index is 11.8. The molecule has 2 aromatic heterocycles. The Bertz CT molecular complexity index is 721. The van der Waals surface area contributed by atoms with Gasteiger partial charge >= 0.3 is 0 Å². The zero-order valence-corrected chi connectivity index (χ0v) is 12.1. The molecule has 20 heavy (non-hydrogen) atoms. The molecule has 0 atom stereocenters. The van der Waals surface area contributed by atoms with E-state index in [1.165, 1.54) is 6.07 Å². The second-order valence-electron chi connectivity index (χ2n) is 5.48. The number of hydrogen-bond donors (Lipinski definition) is 3. The third kappa shape index (κ3) is 2.57. The van der Waals surface area contributed by atoms with Crippen molar-refractivity contribution in [2.45, 2.75) is 39.8 Å². The number of aromatic nitrogens is 3. The monoisotopic (exact) mass is 277 g/mol. The van der Waals surface area contributed by atoms with Crippen molar-refractivity contribution in [2.75, 3.05) is 0 Å². The van der Waals surface area contributed by atoms with Crippen LogP contribution < -0.4 is 16.6 Å². The number of nitrogens with two attached hydrogens (primary N) is 1. The number of aromatic amines is 1. The molecule has 0 aliphatic carbocycles. The number of nitrogens with zero attached hydrogens (tertiary/aromatic N) is 2. The quantitative estimate of drug-likeness (QED) is 0.734. The lowest BCUT2D eigenvalue weighted by Gasteiger charge is -2.19. The van der Waals surface area contributed by atoms with Gasteiger partial charge in [0.2, 0.25) is 5.91 Å². The number of fused-ring (bicyclic) bond motifs is 1. The van der Waals surface area contributed by atoms with Crippen LogP contribution in [0.2, 0.25) is 0 Å². The molecule has 0 saturated carbocycles. The second kappa shape index (κ2) is 4.75. The fourth-order valence-electron chi connectivity index (χ4n) is 2.01. The molecule has 7 nitrogen and oxygen atoms in total. The third-order valence-corrected chi connectivity index (χ3v) is 3.21. The Labute approximate surface area is 116 Å². The molecule has 0 aliphatic rings. The molecule has 0 bridgehead atoms. The van der Waals surface area contributed by atoms with Crippen molar-refractivity contribution in [3.63, 3.8) is 0 Å². The average molecular weight is 277 g/mol. The van der Waals surface area contributed by atoms with E-state index in [0.29, 0.717) is 12.2 Å². The van der Waals surface area contributed by atoms with Crippen LogP contribution in [0.15, 0.2) is 10.9 Å². The summed E-state index contributed by atoms with van der Waals surface area (Å²) in [7, 11) is 0. The second-order valence-corrected chi connectivity index (χ2v) is 5.48. The van der Waals surface area contributed by atoms with Crippen LogP contribution in [0.4, 0.5) is 0 Å². The van der Waals surface area contributed by atoms with E-state index in [4.69, 9.17) is 5.73 Å². The zero-order valence-electron chi connectivity index (χ0n) is 12.1. The van der Waals surface area contributed by atoms with Gasteiger partial charge in [0.1, 0.15) is 0 Å². The number of carbonyl (C=O) groups is 1. The van der Waals surface area contributed by atoms with Crippen molar-refractivity contribution >= 4 is 11.6 Å². The summed E-state index contributed by atoms with van der Waals surface area (Å²) in [5, 5.41) is 5.46. The Morgan fingerprint density at radius 2 is 2.15 bits per heavy atom. The maximum absolute atomic E-state index is 11.8. The highest BCUT2D eigenvalue weighted by molar-refractivity contribution is 5.85. The number of rotatable bonds is 3. The Morgan fingerprint density at radius 3 is 2.75 bits per heavy atom. The molecule has 0 radical (unpaired) electrons. The molecule has 2 rings (SSSR count). The minimum atomic E-state index is -0.929. The van der Waals surface area contributed by atoms with Crippen molar-refractivity contribution in [3.05, 3.63) is 33.4 Å². The largest absolute Gasteiger partial charge is 0.350 e. The molecular weight excluding hydrogens is 258 g/mol. The summed E-state index contributed by atoms with van der Waals surface area (Å²) >= 11 is 0. The molecule has 1 amide bonds. The minimum Gasteiger partial charge on any atom is -0.350 e. The molecular formula is C13H19N5O2. The van der Waals surface area contributed by atoms with Crippen molar-refractivity contribution in [1.29, 1.82) is 0 Å². The van der Waals surface area contributed by atoms with Gasteiger partial charge in [-0.2, -0.15) is 0 Å². The summed E-state index contributed by atoms with van der Waals surface area (Å²) in [6.45, 7) is 7.33. The summed E-state index contributed by atoms with van der Waals surface area (Å²) in [5.41, 5.74) is 7.64.